The molecule has 0 heterocycles. The number of hydrogen-bond acceptors (Lipinski definition) is 4. The van der Waals surface area contributed by atoms with Crippen molar-refractivity contribution in [2.75, 3.05) is 20.3 Å². The van der Waals surface area contributed by atoms with Gasteiger partial charge in [0.1, 0.15) is 11.3 Å². The van der Waals surface area contributed by atoms with Gasteiger partial charge in [0.2, 0.25) is 0 Å². The summed E-state index contributed by atoms with van der Waals surface area (Å²) in [6.07, 6.45) is 0.970. The van der Waals surface area contributed by atoms with Crippen LogP contribution < -0.4 is 10.1 Å². The summed E-state index contributed by atoms with van der Waals surface area (Å²) >= 11 is 0. The molecule has 0 saturated carbocycles. The highest BCUT2D eigenvalue weighted by Gasteiger charge is 2.36. The molecule has 1 aromatic rings. The van der Waals surface area contributed by atoms with Crippen LogP contribution in [-0.2, 0) is 15.1 Å². The largest absolute Gasteiger partial charge is 0.494 e. The van der Waals surface area contributed by atoms with Crippen molar-refractivity contribution in [3.05, 3.63) is 29.8 Å². The normalized spacial score (nSPS) is 13.8. The van der Waals surface area contributed by atoms with Gasteiger partial charge in [0.25, 0.3) is 0 Å². The summed E-state index contributed by atoms with van der Waals surface area (Å²) in [5, 5.41) is 3.31. The van der Waals surface area contributed by atoms with E-state index in [1.165, 1.54) is 7.11 Å². The monoisotopic (exact) mass is 293 g/mol. The summed E-state index contributed by atoms with van der Waals surface area (Å²) in [6.45, 7) is 9.55. The fourth-order valence-corrected chi connectivity index (χ4v) is 2.01. The standard InChI is InChI=1S/C17H27NO3/c1-6-11-21-15-9-7-14(8-10-15)17(4,16(19)20-5)18-12-13(2)3/h7-10,13,18H,6,11-12H2,1-5H3. The van der Waals surface area contributed by atoms with Gasteiger partial charge in [0, 0.05) is 0 Å². The molecule has 1 rings (SSSR count). The highest BCUT2D eigenvalue weighted by molar-refractivity contribution is 5.82. The van der Waals surface area contributed by atoms with Gasteiger partial charge in [-0.2, -0.15) is 0 Å². The van der Waals surface area contributed by atoms with Gasteiger partial charge in [-0.15, -0.1) is 0 Å². The van der Waals surface area contributed by atoms with Crippen LogP contribution in [-0.4, -0.2) is 26.2 Å². The van der Waals surface area contributed by atoms with E-state index in [9.17, 15) is 4.79 Å². The van der Waals surface area contributed by atoms with Crippen molar-refractivity contribution in [3.63, 3.8) is 0 Å². The Morgan fingerprint density at radius 1 is 1.29 bits per heavy atom. The van der Waals surface area contributed by atoms with Gasteiger partial charge in [0.15, 0.2) is 0 Å². The summed E-state index contributed by atoms with van der Waals surface area (Å²) in [6, 6.07) is 7.61. The van der Waals surface area contributed by atoms with E-state index in [1.54, 1.807) is 0 Å². The van der Waals surface area contributed by atoms with Gasteiger partial charge in [0.05, 0.1) is 13.7 Å². The van der Waals surface area contributed by atoms with Crippen molar-refractivity contribution in [1.82, 2.24) is 5.32 Å². The van der Waals surface area contributed by atoms with E-state index in [-0.39, 0.29) is 5.97 Å². The lowest BCUT2D eigenvalue weighted by Gasteiger charge is -2.29. The number of rotatable bonds is 8. The molecule has 0 aromatic heterocycles. The number of carbonyl (C=O) groups is 1. The third kappa shape index (κ3) is 4.74. The van der Waals surface area contributed by atoms with Crippen LogP contribution in [0.15, 0.2) is 24.3 Å². The Balaban J connectivity index is 2.94. The first kappa shape index (κ1) is 17.5. The highest BCUT2D eigenvalue weighted by Crippen LogP contribution is 2.25. The quantitative estimate of drug-likeness (QED) is 0.748. The molecule has 4 heteroatoms. The Bertz CT molecular complexity index is 442. The molecule has 0 aliphatic heterocycles. The van der Waals surface area contributed by atoms with E-state index in [1.807, 2.05) is 31.2 Å². The third-order valence-corrected chi connectivity index (χ3v) is 3.36. The van der Waals surface area contributed by atoms with Crippen LogP contribution in [0.2, 0.25) is 0 Å². The fourth-order valence-electron chi connectivity index (χ4n) is 2.01. The van der Waals surface area contributed by atoms with Gasteiger partial charge in [-0.05, 0) is 43.5 Å². The first-order valence-corrected chi connectivity index (χ1v) is 7.50. The number of esters is 1. The molecule has 0 saturated heterocycles. The molecule has 0 fully saturated rings. The molecule has 21 heavy (non-hydrogen) atoms. The third-order valence-electron chi connectivity index (χ3n) is 3.36. The smallest absolute Gasteiger partial charge is 0.330 e. The molecule has 1 N–H and O–H groups in total. The highest BCUT2D eigenvalue weighted by atomic mass is 16.5. The minimum atomic E-state index is -0.845. The van der Waals surface area contributed by atoms with Crippen molar-refractivity contribution < 1.29 is 14.3 Å². The number of ether oxygens (including phenoxy) is 2. The Hall–Kier alpha value is -1.55. The summed E-state index contributed by atoms with van der Waals surface area (Å²) in [5.41, 5.74) is 0.0290. The SMILES string of the molecule is CCCOc1ccc(C(C)(NCC(C)C)C(=O)OC)cc1. The van der Waals surface area contributed by atoms with Crippen LogP contribution in [0.3, 0.4) is 0 Å². The van der Waals surface area contributed by atoms with Crippen LogP contribution in [0.25, 0.3) is 0 Å². The number of methoxy groups -OCH3 is 1. The Morgan fingerprint density at radius 2 is 1.90 bits per heavy atom. The molecule has 118 valence electrons. The molecule has 0 spiro atoms. The molecular weight excluding hydrogens is 266 g/mol. The van der Waals surface area contributed by atoms with Crippen molar-refractivity contribution in [3.8, 4) is 5.75 Å². The van der Waals surface area contributed by atoms with Crippen LogP contribution in [0.1, 0.15) is 39.7 Å². The molecule has 1 atom stereocenters. The predicted octanol–water partition coefficient (Wildman–Crippen LogP) is 3.11. The lowest BCUT2D eigenvalue weighted by molar-refractivity contribution is -0.148. The second-order valence-corrected chi connectivity index (χ2v) is 5.76. The topological polar surface area (TPSA) is 47.6 Å². The van der Waals surface area contributed by atoms with Crippen molar-refractivity contribution >= 4 is 5.97 Å². The van der Waals surface area contributed by atoms with Gasteiger partial charge >= 0.3 is 5.97 Å². The summed E-state index contributed by atoms with van der Waals surface area (Å²) < 4.78 is 10.5. The molecule has 0 amide bonds. The van der Waals surface area contributed by atoms with Crippen molar-refractivity contribution in [2.45, 2.75) is 39.7 Å². The fraction of sp³-hybridized carbons (Fsp3) is 0.588. The van der Waals surface area contributed by atoms with Crippen LogP contribution in [0.4, 0.5) is 0 Å². The maximum Gasteiger partial charge on any atom is 0.330 e. The van der Waals surface area contributed by atoms with Crippen molar-refractivity contribution in [2.24, 2.45) is 5.92 Å². The van der Waals surface area contributed by atoms with E-state index in [4.69, 9.17) is 9.47 Å². The van der Waals surface area contributed by atoms with E-state index >= 15 is 0 Å². The Kier molecular flexibility index (Phi) is 6.69. The van der Waals surface area contributed by atoms with E-state index in [0.29, 0.717) is 12.5 Å². The average Bonchev–Trinajstić information content (AvgIpc) is 2.50. The zero-order valence-corrected chi connectivity index (χ0v) is 13.7. The lowest BCUT2D eigenvalue weighted by atomic mass is 9.91. The summed E-state index contributed by atoms with van der Waals surface area (Å²) in [5.74, 6) is 0.975. The number of benzene rings is 1. The maximum atomic E-state index is 12.2. The summed E-state index contributed by atoms with van der Waals surface area (Å²) in [7, 11) is 1.41. The number of hydrogen-bond donors (Lipinski definition) is 1. The Labute approximate surface area is 127 Å². The van der Waals surface area contributed by atoms with Gasteiger partial charge in [-0.25, -0.2) is 4.79 Å². The summed E-state index contributed by atoms with van der Waals surface area (Å²) in [4.78, 5) is 12.2. The molecule has 0 aliphatic rings. The Morgan fingerprint density at radius 3 is 2.38 bits per heavy atom. The molecule has 0 aliphatic carbocycles. The maximum absolute atomic E-state index is 12.2. The zero-order chi connectivity index (χ0) is 15.9. The first-order chi connectivity index (χ1) is 9.93. The van der Waals surface area contributed by atoms with E-state index < -0.39 is 5.54 Å². The number of nitrogens with one attached hydrogen (secondary N) is 1. The number of carbonyl (C=O) groups excluding carboxylic acids is 1. The molecular formula is C17H27NO3. The predicted molar refractivity (Wildman–Crippen MR) is 84.4 cm³/mol. The van der Waals surface area contributed by atoms with Gasteiger partial charge < -0.3 is 9.47 Å². The molecule has 0 radical (unpaired) electrons. The van der Waals surface area contributed by atoms with E-state index in [0.717, 1.165) is 24.3 Å². The van der Waals surface area contributed by atoms with E-state index in [2.05, 4.69) is 26.1 Å². The minimum Gasteiger partial charge on any atom is -0.494 e. The van der Waals surface area contributed by atoms with Crippen LogP contribution in [0.5, 0.6) is 5.75 Å². The first-order valence-electron chi connectivity index (χ1n) is 7.50. The zero-order valence-electron chi connectivity index (χ0n) is 13.7. The second kappa shape index (κ2) is 8.03. The molecule has 0 bridgehead atoms. The van der Waals surface area contributed by atoms with Gasteiger partial charge in [-0.1, -0.05) is 32.9 Å². The van der Waals surface area contributed by atoms with Crippen molar-refractivity contribution in [1.29, 1.82) is 0 Å². The van der Waals surface area contributed by atoms with Crippen LogP contribution >= 0.6 is 0 Å². The molecule has 4 nitrogen and oxygen atoms in total. The second-order valence-electron chi connectivity index (χ2n) is 5.76. The lowest BCUT2D eigenvalue weighted by Crippen LogP contribution is -2.48. The minimum absolute atomic E-state index is 0.287. The van der Waals surface area contributed by atoms with Gasteiger partial charge in [-0.3, -0.25) is 5.32 Å². The molecule has 1 aromatic carbocycles. The average molecular weight is 293 g/mol. The molecule has 1 unspecified atom stereocenters. The van der Waals surface area contributed by atoms with Crippen LogP contribution in [0, 0.1) is 5.92 Å².